The highest BCUT2D eigenvalue weighted by Gasteiger charge is 2.75. The van der Waals surface area contributed by atoms with E-state index in [1.807, 2.05) is 0 Å². The summed E-state index contributed by atoms with van der Waals surface area (Å²) in [6, 6.07) is 13.6. The Bertz CT molecular complexity index is 735. The van der Waals surface area contributed by atoms with Crippen molar-refractivity contribution in [3.05, 3.63) is 71.8 Å². The second kappa shape index (κ2) is 5.99. The van der Waals surface area contributed by atoms with E-state index in [0.717, 1.165) is 12.1 Å². The fourth-order valence-electron chi connectivity index (χ4n) is 2.19. The molecular formula is C16H15F5O3S. The molecule has 3 nitrogen and oxygen atoms in total. The fraction of sp³-hybridized carbons (Fsp3) is 0.188. The van der Waals surface area contributed by atoms with E-state index in [0.29, 0.717) is 5.56 Å². The number of hydrogen-bond acceptors (Lipinski definition) is 3. The lowest BCUT2D eigenvalue weighted by Gasteiger charge is -2.46. The van der Waals surface area contributed by atoms with Crippen LogP contribution in [0.3, 0.4) is 0 Å². The summed E-state index contributed by atoms with van der Waals surface area (Å²) in [4.78, 5) is 11.8. The fourth-order valence-corrected chi connectivity index (χ4v) is 3.27. The molecule has 0 bridgehead atoms. The van der Waals surface area contributed by atoms with Crippen LogP contribution in [0.15, 0.2) is 60.7 Å². The maximum Gasteiger partial charge on any atom is 0.331 e. The Balaban J connectivity index is 2.31. The van der Waals surface area contributed by atoms with Gasteiger partial charge in [0, 0.05) is 0 Å². The van der Waals surface area contributed by atoms with Crippen LogP contribution in [0.25, 0.3) is 0 Å². The predicted octanol–water partition coefficient (Wildman–Crippen LogP) is 5.13. The molecule has 0 amide bonds. The van der Waals surface area contributed by atoms with Gasteiger partial charge in [0.05, 0.1) is 0 Å². The topological polar surface area (TPSA) is 46.5 Å². The molecule has 9 heteroatoms. The van der Waals surface area contributed by atoms with E-state index in [1.165, 1.54) is 30.3 Å². The molecule has 0 unspecified atom stereocenters. The number of rotatable bonds is 6. The predicted molar refractivity (Wildman–Crippen MR) is 84.6 cm³/mol. The number of aliphatic hydroxyl groups is 1. The quantitative estimate of drug-likeness (QED) is 0.557. The highest BCUT2D eigenvalue weighted by Crippen LogP contribution is 3.01. The highest BCUT2D eigenvalue weighted by molar-refractivity contribution is 8.46. The molecule has 0 spiro atoms. The van der Waals surface area contributed by atoms with Gasteiger partial charge in [0.2, 0.25) is 5.25 Å². The minimum absolute atomic E-state index is 0.325. The molecule has 0 radical (unpaired) electrons. The molecule has 2 rings (SSSR count). The molecule has 0 fully saturated rings. The molecule has 25 heavy (non-hydrogen) atoms. The number of carbonyl (C=O) groups excluding carboxylic acids is 1. The maximum absolute atomic E-state index is 13.3. The van der Waals surface area contributed by atoms with E-state index in [9.17, 15) is 29.3 Å². The van der Waals surface area contributed by atoms with Crippen LogP contribution in [0.4, 0.5) is 19.4 Å². The first-order valence-corrected chi connectivity index (χ1v) is 9.06. The summed E-state index contributed by atoms with van der Waals surface area (Å²) in [7, 11) is -10.4. The third-order valence-electron chi connectivity index (χ3n) is 3.36. The van der Waals surface area contributed by atoms with E-state index < -0.39 is 39.7 Å². The van der Waals surface area contributed by atoms with Crippen molar-refractivity contribution >= 4 is 16.2 Å². The molecule has 2 atom stereocenters. The van der Waals surface area contributed by atoms with Crippen molar-refractivity contribution in [2.75, 3.05) is 0 Å². The Hall–Kier alpha value is -2.13. The second-order valence-corrected chi connectivity index (χ2v) is 7.96. The third-order valence-corrected chi connectivity index (χ3v) is 4.77. The van der Waals surface area contributed by atoms with Crippen molar-refractivity contribution in [3.63, 3.8) is 0 Å². The standard InChI is InChI=1S/C16H15F5O3S/c17-25(18,19,20,21)15(14(22)13-9-5-2-6-10-13)16(23)24-11-12-7-3-1-4-8-12/h1-10,14-15,22H,11H2/t14-,15-/m0/s1. The Labute approximate surface area is 140 Å². The lowest BCUT2D eigenvalue weighted by molar-refractivity contribution is -0.147. The molecule has 1 N–H and O–H groups in total. The van der Waals surface area contributed by atoms with Crippen LogP contribution >= 0.6 is 10.2 Å². The zero-order valence-corrected chi connectivity index (χ0v) is 13.5. The Morgan fingerprint density at radius 2 is 1.40 bits per heavy atom. The van der Waals surface area contributed by atoms with Gasteiger partial charge >= 0.3 is 16.2 Å². The zero-order valence-electron chi connectivity index (χ0n) is 12.7. The van der Waals surface area contributed by atoms with Gasteiger partial charge in [0.1, 0.15) is 12.7 Å². The van der Waals surface area contributed by atoms with Crippen molar-refractivity contribution in [3.8, 4) is 0 Å². The van der Waals surface area contributed by atoms with Gasteiger partial charge in [-0.2, -0.15) is 0 Å². The van der Waals surface area contributed by atoms with Gasteiger partial charge in [0.25, 0.3) is 0 Å². The first kappa shape index (κ1) is 19.2. The van der Waals surface area contributed by atoms with Crippen molar-refractivity contribution in [2.24, 2.45) is 0 Å². The Morgan fingerprint density at radius 1 is 0.920 bits per heavy atom. The second-order valence-electron chi connectivity index (χ2n) is 5.40. The lowest BCUT2D eigenvalue weighted by atomic mass is 10.1. The third kappa shape index (κ3) is 5.17. The van der Waals surface area contributed by atoms with E-state index in [4.69, 9.17) is 0 Å². The van der Waals surface area contributed by atoms with E-state index >= 15 is 0 Å². The number of carbonyl (C=O) groups is 1. The van der Waals surface area contributed by atoms with Gasteiger partial charge in [-0.3, -0.25) is 4.79 Å². The molecule has 0 aliphatic carbocycles. The van der Waals surface area contributed by atoms with Crippen LogP contribution in [0.5, 0.6) is 0 Å². The molecule has 0 aromatic heterocycles. The minimum Gasteiger partial charge on any atom is -0.460 e. The smallest absolute Gasteiger partial charge is 0.331 e. The first-order chi connectivity index (χ1) is 11.4. The van der Waals surface area contributed by atoms with Crippen LogP contribution in [0.2, 0.25) is 0 Å². The van der Waals surface area contributed by atoms with E-state index in [1.54, 1.807) is 18.2 Å². The van der Waals surface area contributed by atoms with Gasteiger partial charge in [-0.25, -0.2) is 0 Å². The summed E-state index contributed by atoms with van der Waals surface area (Å²) in [5, 5.41) is 5.89. The average Bonchev–Trinajstić information content (AvgIpc) is 2.52. The largest absolute Gasteiger partial charge is 0.460 e. The van der Waals surface area contributed by atoms with E-state index in [-0.39, 0.29) is 0 Å². The van der Waals surface area contributed by atoms with Crippen molar-refractivity contribution in [1.82, 2.24) is 0 Å². The monoisotopic (exact) mass is 382 g/mol. The molecular weight excluding hydrogens is 367 g/mol. The molecule has 0 saturated heterocycles. The molecule has 0 saturated carbocycles. The number of benzene rings is 2. The summed E-state index contributed by atoms with van der Waals surface area (Å²) >= 11 is 0. The van der Waals surface area contributed by atoms with Gasteiger partial charge in [-0.1, -0.05) is 80.1 Å². The molecule has 138 valence electrons. The SMILES string of the molecule is O=C(OCc1ccccc1)[C@H]([C@@H](O)c1ccccc1)S(F)(F)(F)(F)F. The van der Waals surface area contributed by atoms with Crippen LogP contribution in [0.1, 0.15) is 17.2 Å². The van der Waals surface area contributed by atoms with Crippen LogP contribution < -0.4 is 0 Å². The normalized spacial score (nSPS) is 17.0. The number of hydrogen-bond donors (Lipinski definition) is 1. The number of esters is 1. The summed E-state index contributed by atoms with van der Waals surface area (Å²) in [5.74, 6) is -2.22. The summed E-state index contributed by atoms with van der Waals surface area (Å²) in [6.45, 7) is -0.620. The van der Waals surface area contributed by atoms with Crippen LogP contribution in [-0.4, -0.2) is 16.3 Å². The number of aliphatic hydroxyl groups excluding tert-OH is 1. The van der Waals surface area contributed by atoms with Crippen molar-refractivity contribution < 1.29 is 34.1 Å². The highest BCUT2D eigenvalue weighted by atomic mass is 32.5. The Morgan fingerprint density at radius 3 is 1.88 bits per heavy atom. The average molecular weight is 382 g/mol. The van der Waals surface area contributed by atoms with Crippen LogP contribution in [0, 0.1) is 0 Å². The summed E-state index contributed by atoms with van der Waals surface area (Å²) in [5.41, 5.74) is -0.136. The van der Waals surface area contributed by atoms with Crippen molar-refractivity contribution in [1.29, 1.82) is 0 Å². The molecule has 0 heterocycles. The Kier molecular flexibility index (Phi) is 4.60. The van der Waals surface area contributed by atoms with Gasteiger partial charge < -0.3 is 9.84 Å². The molecule has 2 aromatic carbocycles. The van der Waals surface area contributed by atoms with Gasteiger partial charge in [-0.05, 0) is 11.1 Å². The maximum atomic E-state index is 13.3. The van der Waals surface area contributed by atoms with Crippen LogP contribution in [-0.2, 0) is 16.1 Å². The van der Waals surface area contributed by atoms with Crippen molar-refractivity contribution in [2.45, 2.75) is 18.0 Å². The van der Waals surface area contributed by atoms with Gasteiger partial charge in [-0.15, -0.1) is 0 Å². The zero-order chi connectivity index (χ0) is 18.8. The molecule has 2 aromatic rings. The minimum atomic E-state index is -10.4. The lowest BCUT2D eigenvalue weighted by Crippen LogP contribution is -2.40. The molecule has 0 aliphatic rings. The van der Waals surface area contributed by atoms with Gasteiger partial charge in [0.15, 0.2) is 0 Å². The molecule has 0 aliphatic heterocycles. The van der Waals surface area contributed by atoms with E-state index in [2.05, 4.69) is 4.74 Å². The number of ether oxygens (including phenoxy) is 1. The first-order valence-electron chi connectivity index (χ1n) is 7.05. The summed E-state index contributed by atoms with van der Waals surface area (Å²) < 4.78 is 71.1. The number of halogens is 5. The summed E-state index contributed by atoms with van der Waals surface area (Å²) in [6.07, 6.45) is -2.78.